The number of benzene rings is 1. The van der Waals surface area contributed by atoms with Crippen molar-refractivity contribution in [2.75, 3.05) is 0 Å². The molecule has 128 valence electrons. The first-order valence-electron chi connectivity index (χ1n) is 8.33. The van der Waals surface area contributed by atoms with Gasteiger partial charge in [-0.3, -0.25) is 4.79 Å². The molecule has 1 amide bonds. The van der Waals surface area contributed by atoms with E-state index in [0.717, 1.165) is 29.8 Å². The Bertz CT molecular complexity index is 920. The maximum Gasteiger partial charge on any atom is 0.253 e. The molecule has 7 heteroatoms. The van der Waals surface area contributed by atoms with Crippen molar-refractivity contribution in [2.45, 2.75) is 43.1 Å². The molecule has 1 N–H and O–H groups in total. The van der Waals surface area contributed by atoms with Gasteiger partial charge >= 0.3 is 0 Å². The average Bonchev–Trinajstić information content (AvgIpc) is 3.30. The highest BCUT2D eigenvalue weighted by Crippen LogP contribution is 2.35. The van der Waals surface area contributed by atoms with Crippen LogP contribution in [0, 0.1) is 13.8 Å². The SMILES string of the molecule is Cc1cc(C)n2nc(SC(C(=O)NC3CC3)c3ccccc3)nc2n1. The van der Waals surface area contributed by atoms with E-state index in [-0.39, 0.29) is 11.2 Å². The highest BCUT2D eigenvalue weighted by atomic mass is 32.2. The number of hydrogen-bond donors (Lipinski definition) is 1. The smallest absolute Gasteiger partial charge is 0.253 e. The van der Waals surface area contributed by atoms with E-state index >= 15 is 0 Å². The lowest BCUT2D eigenvalue weighted by atomic mass is 10.1. The highest BCUT2D eigenvalue weighted by Gasteiger charge is 2.30. The lowest BCUT2D eigenvalue weighted by Gasteiger charge is -2.15. The van der Waals surface area contributed by atoms with E-state index in [2.05, 4.69) is 20.4 Å². The van der Waals surface area contributed by atoms with Crippen molar-refractivity contribution < 1.29 is 4.79 Å². The molecule has 3 aromatic rings. The molecule has 1 atom stereocenters. The van der Waals surface area contributed by atoms with Crippen molar-refractivity contribution in [2.24, 2.45) is 0 Å². The summed E-state index contributed by atoms with van der Waals surface area (Å²) in [6.45, 7) is 3.91. The zero-order chi connectivity index (χ0) is 17.4. The molecular weight excluding hydrogens is 334 g/mol. The first-order chi connectivity index (χ1) is 12.1. The number of fused-ring (bicyclic) bond motifs is 1. The third-order valence-electron chi connectivity index (χ3n) is 4.09. The van der Waals surface area contributed by atoms with Gasteiger partial charge in [-0.05, 0) is 38.3 Å². The molecular formula is C18H19N5OS. The molecule has 1 aliphatic carbocycles. The van der Waals surface area contributed by atoms with Crippen LogP contribution >= 0.6 is 11.8 Å². The monoisotopic (exact) mass is 353 g/mol. The molecule has 1 aliphatic rings. The van der Waals surface area contributed by atoms with Crippen LogP contribution in [0.4, 0.5) is 0 Å². The van der Waals surface area contributed by atoms with Crippen molar-refractivity contribution in [3.8, 4) is 0 Å². The second kappa shape index (κ2) is 6.48. The molecule has 0 saturated heterocycles. The number of hydrogen-bond acceptors (Lipinski definition) is 5. The van der Waals surface area contributed by atoms with Crippen LogP contribution in [-0.4, -0.2) is 31.5 Å². The fourth-order valence-corrected chi connectivity index (χ4v) is 3.65. The molecule has 0 bridgehead atoms. The topological polar surface area (TPSA) is 72.2 Å². The Morgan fingerprint density at radius 3 is 2.72 bits per heavy atom. The van der Waals surface area contributed by atoms with E-state index in [9.17, 15) is 4.79 Å². The first-order valence-corrected chi connectivity index (χ1v) is 9.21. The van der Waals surface area contributed by atoms with E-state index in [1.54, 1.807) is 4.52 Å². The maximum atomic E-state index is 12.7. The van der Waals surface area contributed by atoms with Crippen LogP contribution < -0.4 is 5.32 Å². The summed E-state index contributed by atoms with van der Waals surface area (Å²) in [5, 5.41) is 7.79. The van der Waals surface area contributed by atoms with Crippen LogP contribution in [0.3, 0.4) is 0 Å². The van der Waals surface area contributed by atoms with Gasteiger partial charge in [0.25, 0.3) is 5.78 Å². The van der Waals surface area contributed by atoms with Gasteiger partial charge in [0.2, 0.25) is 11.1 Å². The Morgan fingerprint density at radius 2 is 2.00 bits per heavy atom. The second-order valence-corrected chi connectivity index (χ2v) is 7.41. The third kappa shape index (κ3) is 3.51. The molecule has 0 radical (unpaired) electrons. The van der Waals surface area contributed by atoms with E-state index in [4.69, 9.17) is 0 Å². The minimum absolute atomic E-state index is 0.0124. The quantitative estimate of drug-likeness (QED) is 0.714. The summed E-state index contributed by atoms with van der Waals surface area (Å²) >= 11 is 1.36. The van der Waals surface area contributed by atoms with Gasteiger partial charge in [-0.1, -0.05) is 42.1 Å². The van der Waals surface area contributed by atoms with Crippen LogP contribution in [0.25, 0.3) is 5.78 Å². The number of carbonyl (C=O) groups is 1. The molecule has 1 aromatic carbocycles. The summed E-state index contributed by atoms with van der Waals surface area (Å²) in [6, 6.07) is 12.0. The fraction of sp³-hybridized carbons (Fsp3) is 0.333. The number of amides is 1. The van der Waals surface area contributed by atoms with Crippen molar-refractivity contribution >= 4 is 23.4 Å². The van der Waals surface area contributed by atoms with Gasteiger partial charge in [-0.25, -0.2) is 9.50 Å². The predicted octanol–water partition coefficient (Wildman–Crippen LogP) is 2.85. The average molecular weight is 353 g/mol. The van der Waals surface area contributed by atoms with Crippen molar-refractivity contribution in [3.63, 3.8) is 0 Å². The van der Waals surface area contributed by atoms with Gasteiger partial charge < -0.3 is 5.32 Å². The summed E-state index contributed by atoms with van der Waals surface area (Å²) in [7, 11) is 0. The molecule has 2 heterocycles. The second-order valence-electron chi connectivity index (χ2n) is 6.34. The van der Waals surface area contributed by atoms with Crippen LogP contribution in [-0.2, 0) is 4.79 Å². The molecule has 1 unspecified atom stereocenters. The molecule has 1 saturated carbocycles. The maximum absolute atomic E-state index is 12.7. The molecule has 6 nitrogen and oxygen atoms in total. The van der Waals surface area contributed by atoms with Crippen molar-refractivity contribution in [1.29, 1.82) is 0 Å². The van der Waals surface area contributed by atoms with E-state index in [0.29, 0.717) is 17.0 Å². The van der Waals surface area contributed by atoms with Gasteiger partial charge in [0.15, 0.2) is 0 Å². The number of rotatable bonds is 5. The molecule has 1 fully saturated rings. The van der Waals surface area contributed by atoms with Gasteiger partial charge in [0, 0.05) is 17.4 Å². The summed E-state index contributed by atoms with van der Waals surface area (Å²) in [5.41, 5.74) is 2.82. The van der Waals surface area contributed by atoms with Crippen molar-refractivity contribution in [3.05, 3.63) is 53.3 Å². The van der Waals surface area contributed by atoms with E-state index in [1.807, 2.05) is 50.2 Å². The Balaban J connectivity index is 1.65. The minimum atomic E-state index is -0.374. The summed E-state index contributed by atoms with van der Waals surface area (Å²) < 4.78 is 1.72. The Labute approximate surface area is 150 Å². The summed E-state index contributed by atoms with van der Waals surface area (Å²) in [5.74, 6) is 0.577. The Hall–Kier alpha value is -2.41. The van der Waals surface area contributed by atoms with Gasteiger partial charge in [-0.15, -0.1) is 5.10 Å². The van der Waals surface area contributed by atoms with Gasteiger partial charge in [0.1, 0.15) is 5.25 Å². The predicted molar refractivity (Wildman–Crippen MR) is 96.5 cm³/mol. The number of nitrogens with one attached hydrogen (secondary N) is 1. The number of thioether (sulfide) groups is 1. The van der Waals surface area contributed by atoms with Gasteiger partial charge in [-0.2, -0.15) is 4.98 Å². The van der Waals surface area contributed by atoms with Crippen molar-refractivity contribution in [1.82, 2.24) is 24.9 Å². The van der Waals surface area contributed by atoms with Crippen LogP contribution in [0.15, 0.2) is 41.6 Å². The highest BCUT2D eigenvalue weighted by molar-refractivity contribution is 8.00. The largest absolute Gasteiger partial charge is 0.352 e. The zero-order valence-corrected chi connectivity index (χ0v) is 15.0. The van der Waals surface area contributed by atoms with Gasteiger partial charge in [0.05, 0.1) is 0 Å². The lowest BCUT2D eigenvalue weighted by molar-refractivity contribution is -0.120. The molecule has 0 aliphatic heterocycles. The minimum Gasteiger partial charge on any atom is -0.352 e. The van der Waals surface area contributed by atoms with Crippen LogP contribution in [0.1, 0.15) is 35.0 Å². The zero-order valence-electron chi connectivity index (χ0n) is 14.1. The summed E-state index contributed by atoms with van der Waals surface area (Å²) in [4.78, 5) is 21.6. The summed E-state index contributed by atoms with van der Waals surface area (Å²) in [6.07, 6.45) is 2.12. The normalized spacial score (nSPS) is 15.3. The standard InChI is InChI=1S/C18H19N5OS/c1-11-10-12(2)23-17(19-11)21-18(22-23)25-15(13-6-4-3-5-7-13)16(24)20-14-8-9-14/h3-7,10,14-15H,8-9H2,1-2H3,(H,20,24). The number of aryl methyl sites for hydroxylation is 2. The first kappa shape index (κ1) is 16.1. The number of aromatic nitrogens is 4. The molecule has 25 heavy (non-hydrogen) atoms. The van der Waals surface area contributed by atoms with Crippen LogP contribution in [0.5, 0.6) is 0 Å². The number of carbonyl (C=O) groups excluding carboxylic acids is 1. The molecule has 4 rings (SSSR count). The Kier molecular flexibility index (Phi) is 4.17. The number of nitrogens with zero attached hydrogens (tertiary/aromatic N) is 4. The van der Waals surface area contributed by atoms with Crippen LogP contribution in [0.2, 0.25) is 0 Å². The fourth-order valence-electron chi connectivity index (χ4n) is 2.71. The lowest BCUT2D eigenvalue weighted by Crippen LogP contribution is -2.29. The molecule has 2 aromatic heterocycles. The van der Waals surface area contributed by atoms with E-state index in [1.165, 1.54) is 11.8 Å². The third-order valence-corrected chi connectivity index (χ3v) is 5.19. The molecule has 0 spiro atoms. The van der Waals surface area contributed by atoms with E-state index < -0.39 is 0 Å². The Morgan fingerprint density at radius 1 is 1.24 bits per heavy atom.